The zero-order valence-corrected chi connectivity index (χ0v) is 18.0. The molecule has 6 nitrogen and oxygen atoms in total. The summed E-state index contributed by atoms with van der Waals surface area (Å²) in [6.07, 6.45) is 0.892. The van der Waals surface area contributed by atoms with Gasteiger partial charge in [-0.3, -0.25) is 9.79 Å². The van der Waals surface area contributed by atoms with E-state index in [2.05, 4.69) is 20.9 Å². The number of hydrogen-bond acceptors (Lipinski definition) is 3. The second kappa shape index (κ2) is 11.4. The number of benzene rings is 2. The van der Waals surface area contributed by atoms with Crippen LogP contribution in [0.25, 0.3) is 0 Å². The van der Waals surface area contributed by atoms with Crippen molar-refractivity contribution in [3.05, 3.63) is 65.5 Å². The zero-order valence-electron chi connectivity index (χ0n) is 18.0. The first-order chi connectivity index (χ1) is 15.4. The maximum absolute atomic E-state index is 14.0. The van der Waals surface area contributed by atoms with Gasteiger partial charge in [0.15, 0.2) is 5.96 Å². The summed E-state index contributed by atoms with van der Waals surface area (Å²) in [5, 5.41) is 9.26. The molecule has 0 spiro atoms. The third-order valence-electron chi connectivity index (χ3n) is 5.08. The van der Waals surface area contributed by atoms with Crippen molar-refractivity contribution in [3.63, 3.8) is 0 Å². The molecule has 0 aromatic heterocycles. The Hall–Kier alpha value is -3.23. The van der Waals surface area contributed by atoms with Crippen LogP contribution in [0.1, 0.15) is 18.9 Å². The first kappa shape index (κ1) is 23.4. The Morgan fingerprint density at radius 3 is 2.69 bits per heavy atom. The Morgan fingerprint density at radius 2 is 1.94 bits per heavy atom. The molecule has 172 valence electrons. The fourth-order valence-corrected chi connectivity index (χ4v) is 3.61. The second-order valence-corrected chi connectivity index (χ2v) is 7.59. The molecule has 1 saturated heterocycles. The van der Waals surface area contributed by atoms with Gasteiger partial charge in [0.25, 0.3) is 0 Å². The molecule has 0 aliphatic carbocycles. The Kier molecular flexibility index (Phi) is 8.35. The molecule has 0 saturated carbocycles. The SMILES string of the molecule is CCNC(=NCCNC(=O)Cc1cccc(F)c1)NC1CCN(c2ccc(F)cc2F)C1. The van der Waals surface area contributed by atoms with Crippen molar-refractivity contribution in [2.24, 2.45) is 4.99 Å². The molecule has 1 fully saturated rings. The molecule has 0 bridgehead atoms. The number of halogens is 3. The minimum atomic E-state index is -0.593. The molecule has 32 heavy (non-hydrogen) atoms. The van der Waals surface area contributed by atoms with E-state index in [1.807, 2.05) is 11.8 Å². The molecular formula is C23H28F3N5O. The molecule has 1 unspecified atom stereocenters. The van der Waals surface area contributed by atoms with E-state index in [9.17, 15) is 18.0 Å². The Bertz CT molecular complexity index is 953. The lowest BCUT2D eigenvalue weighted by molar-refractivity contribution is -0.120. The van der Waals surface area contributed by atoms with Gasteiger partial charge < -0.3 is 20.9 Å². The third kappa shape index (κ3) is 6.90. The molecule has 1 amide bonds. The predicted octanol–water partition coefficient (Wildman–Crippen LogP) is 2.60. The van der Waals surface area contributed by atoms with Gasteiger partial charge in [-0.2, -0.15) is 0 Å². The van der Waals surface area contributed by atoms with E-state index < -0.39 is 11.6 Å². The average molecular weight is 448 g/mol. The molecule has 1 aliphatic rings. The highest BCUT2D eigenvalue weighted by Crippen LogP contribution is 2.24. The number of guanidine groups is 1. The van der Waals surface area contributed by atoms with E-state index in [1.54, 1.807) is 12.1 Å². The van der Waals surface area contributed by atoms with Gasteiger partial charge >= 0.3 is 0 Å². The topological polar surface area (TPSA) is 68.8 Å². The van der Waals surface area contributed by atoms with Crippen molar-refractivity contribution >= 4 is 17.6 Å². The lowest BCUT2D eigenvalue weighted by atomic mass is 10.1. The number of aliphatic imine (C=N–C) groups is 1. The number of carbonyl (C=O) groups excluding carboxylic acids is 1. The van der Waals surface area contributed by atoms with Crippen molar-refractivity contribution < 1.29 is 18.0 Å². The van der Waals surface area contributed by atoms with E-state index in [-0.39, 0.29) is 24.2 Å². The highest BCUT2D eigenvalue weighted by atomic mass is 19.1. The van der Waals surface area contributed by atoms with E-state index in [0.29, 0.717) is 49.9 Å². The van der Waals surface area contributed by atoms with Crippen LogP contribution in [0.15, 0.2) is 47.5 Å². The predicted molar refractivity (Wildman–Crippen MR) is 119 cm³/mol. The van der Waals surface area contributed by atoms with Crippen molar-refractivity contribution in [2.45, 2.75) is 25.8 Å². The lowest BCUT2D eigenvalue weighted by Gasteiger charge is -2.21. The summed E-state index contributed by atoms with van der Waals surface area (Å²) < 4.78 is 40.4. The molecule has 2 aromatic rings. The largest absolute Gasteiger partial charge is 0.367 e. The van der Waals surface area contributed by atoms with Crippen molar-refractivity contribution in [1.29, 1.82) is 0 Å². The molecule has 1 aliphatic heterocycles. The number of carbonyl (C=O) groups is 1. The molecule has 3 rings (SSSR count). The Morgan fingerprint density at radius 1 is 1.12 bits per heavy atom. The summed E-state index contributed by atoms with van der Waals surface area (Å²) >= 11 is 0. The number of anilines is 1. The van der Waals surface area contributed by atoms with E-state index >= 15 is 0 Å². The van der Waals surface area contributed by atoms with Gasteiger partial charge in [0.2, 0.25) is 5.91 Å². The third-order valence-corrected chi connectivity index (χ3v) is 5.08. The number of amides is 1. The highest BCUT2D eigenvalue weighted by Gasteiger charge is 2.25. The van der Waals surface area contributed by atoms with Gasteiger partial charge in [0, 0.05) is 38.3 Å². The Labute approximate surface area is 185 Å². The fourth-order valence-electron chi connectivity index (χ4n) is 3.61. The molecule has 3 N–H and O–H groups in total. The van der Waals surface area contributed by atoms with E-state index in [4.69, 9.17) is 0 Å². The van der Waals surface area contributed by atoms with Crippen molar-refractivity contribution in [3.8, 4) is 0 Å². The number of rotatable bonds is 8. The molecular weight excluding hydrogens is 419 g/mol. The van der Waals surface area contributed by atoms with Crippen LogP contribution >= 0.6 is 0 Å². The van der Waals surface area contributed by atoms with Gasteiger partial charge in [0.05, 0.1) is 18.7 Å². The van der Waals surface area contributed by atoms with Gasteiger partial charge in [-0.05, 0) is 43.2 Å². The maximum atomic E-state index is 14.0. The molecule has 9 heteroatoms. The maximum Gasteiger partial charge on any atom is 0.224 e. The lowest BCUT2D eigenvalue weighted by Crippen LogP contribution is -2.45. The van der Waals surface area contributed by atoms with Crippen LogP contribution in [0.3, 0.4) is 0 Å². The van der Waals surface area contributed by atoms with Crippen LogP contribution in [0.2, 0.25) is 0 Å². The van der Waals surface area contributed by atoms with Crippen molar-refractivity contribution in [1.82, 2.24) is 16.0 Å². The fraction of sp³-hybridized carbons (Fsp3) is 0.391. The van der Waals surface area contributed by atoms with E-state index in [0.717, 1.165) is 12.5 Å². The Balaban J connectivity index is 1.46. The summed E-state index contributed by atoms with van der Waals surface area (Å²) in [6, 6.07) is 9.62. The minimum absolute atomic E-state index is 0.0554. The number of nitrogens with zero attached hydrogens (tertiary/aromatic N) is 2. The summed E-state index contributed by atoms with van der Waals surface area (Å²) in [6.45, 7) is 4.55. The smallest absolute Gasteiger partial charge is 0.224 e. The summed E-state index contributed by atoms with van der Waals surface area (Å²) in [5.74, 6) is -1.12. The molecule has 0 radical (unpaired) electrons. The van der Waals surface area contributed by atoms with Crippen LogP contribution in [-0.4, -0.2) is 50.6 Å². The van der Waals surface area contributed by atoms with Crippen LogP contribution in [0.4, 0.5) is 18.9 Å². The zero-order chi connectivity index (χ0) is 22.9. The summed E-state index contributed by atoms with van der Waals surface area (Å²) in [5.41, 5.74) is 1.00. The summed E-state index contributed by atoms with van der Waals surface area (Å²) in [7, 11) is 0. The standard InChI is InChI=1S/C23H28F3N5O/c1-2-27-23(29-10-9-28-22(32)13-16-4-3-5-17(24)12-16)30-19-8-11-31(15-19)21-7-6-18(25)14-20(21)26/h3-7,12,14,19H,2,8-11,13,15H2,1H3,(H,28,32)(H2,27,29,30). The van der Waals surface area contributed by atoms with Crippen LogP contribution in [0.5, 0.6) is 0 Å². The van der Waals surface area contributed by atoms with Gasteiger partial charge in [-0.1, -0.05) is 12.1 Å². The first-order valence-electron chi connectivity index (χ1n) is 10.7. The van der Waals surface area contributed by atoms with Crippen LogP contribution in [0, 0.1) is 17.5 Å². The van der Waals surface area contributed by atoms with Gasteiger partial charge in [-0.15, -0.1) is 0 Å². The quantitative estimate of drug-likeness (QED) is 0.331. The molecule has 2 aromatic carbocycles. The van der Waals surface area contributed by atoms with Gasteiger partial charge in [-0.25, -0.2) is 13.2 Å². The van der Waals surface area contributed by atoms with Gasteiger partial charge in [0.1, 0.15) is 17.5 Å². The van der Waals surface area contributed by atoms with Crippen molar-refractivity contribution in [2.75, 3.05) is 37.6 Å². The summed E-state index contributed by atoms with van der Waals surface area (Å²) in [4.78, 5) is 18.4. The minimum Gasteiger partial charge on any atom is -0.367 e. The highest BCUT2D eigenvalue weighted by molar-refractivity contribution is 5.80. The first-order valence-corrected chi connectivity index (χ1v) is 10.7. The number of nitrogens with one attached hydrogen (secondary N) is 3. The van der Waals surface area contributed by atoms with E-state index in [1.165, 1.54) is 24.3 Å². The monoisotopic (exact) mass is 447 g/mol. The normalized spacial score (nSPS) is 16.2. The second-order valence-electron chi connectivity index (χ2n) is 7.59. The number of hydrogen-bond donors (Lipinski definition) is 3. The molecule has 1 heterocycles. The van der Waals surface area contributed by atoms with Crippen LogP contribution in [-0.2, 0) is 11.2 Å². The van der Waals surface area contributed by atoms with Crippen LogP contribution < -0.4 is 20.9 Å². The molecule has 1 atom stereocenters. The average Bonchev–Trinajstić information content (AvgIpc) is 3.19.